The SMILES string of the molecule is c1ccc(-c2nc(-c3ccccc3)nc(-c3cccc4c3sc3cc(-c5cc(-c6cccc7c6oc6ccccc67)c6c(c5)sc5ccccc56)ccc34)n2)cc1. The van der Waals surface area contributed by atoms with E-state index in [0.29, 0.717) is 17.5 Å². The fourth-order valence-electron chi connectivity index (χ4n) is 8.28. The average Bonchev–Trinajstić information content (AvgIpc) is 3.97. The topological polar surface area (TPSA) is 51.8 Å². The lowest BCUT2D eigenvalue weighted by Gasteiger charge is -2.10. The molecule has 6 heteroatoms. The summed E-state index contributed by atoms with van der Waals surface area (Å²) in [5.74, 6) is 1.98. The van der Waals surface area contributed by atoms with E-state index in [1.165, 1.54) is 52.3 Å². The fraction of sp³-hybridized carbons (Fsp3) is 0. The van der Waals surface area contributed by atoms with Gasteiger partial charge in [-0.05, 0) is 53.1 Å². The highest BCUT2D eigenvalue weighted by Crippen LogP contribution is 2.47. The predicted molar refractivity (Wildman–Crippen MR) is 240 cm³/mol. The number of thiophene rings is 2. The second-order valence-corrected chi connectivity index (χ2v) is 16.4. The minimum atomic E-state index is 0.658. The predicted octanol–water partition coefficient (Wildman–Crippen LogP) is 14.8. The number of nitrogens with zero attached hydrogens (tertiary/aromatic N) is 3. The molecule has 0 fully saturated rings. The Morgan fingerprint density at radius 1 is 0.351 bits per heavy atom. The lowest BCUT2D eigenvalue weighted by Crippen LogP contribution is -2.00. The summed E-state index contributed by atoms with van der Waals surface area (Å²) >= 11 is 3.64. The Bertz CT molecular complexity index is 3470. The van der Waals surface area contributed by atoms with Crippen LogP contribution in [0, 0.1) is 0 Å². The van der Waals surface area contributed by atoms with Gasteiger partial charge in [0.05, 0.1) is 0 Å². The maximum atomic E-state index is 6.62. The van der Waals surface area contributed by atoms with Crippen LogP contribution >= 0.6 is 22.7 Å². The normalized spacial score (nSPS) is 11.9. The Morgan fingerprint density at radius 2 is 0.982 bits per heavy atom. The van der Waals surface area contributed by atoms with E-state index in [4.69, 9.17) is 19.4 Å². The molecule has 8 aromatic carbocycles. The molecule has 0 N–H and O–H groups in total. The number of hydrogen-bond acceptors (Lipinski definition) is 6. The summed E-state index contributed by atoms with van der Waals surface area (Å²) in [6.45, 7) is 0. The van der Waals surface area contributed by atoms with Crippen LogP contribution in [0.4, 0.5) is 0 Å². The van der Waals surface area contributed by atoms with Gasteiger partial charge in [0.2, 0.25) is 0 Å². The molecule has 57 heavy (non-hydrogen) atoms. The minimum absolute atomic E-state index is 0.658. The van der Waals surface area contributed by atoms with Crippen LogP contribution in [0.25, 0.3) is 119 Å². The van der Waals surface area contributed by atoms with Crippen molar-refractivity contribution < 1.29 is 4.42 Å². The first kappa shape index (κ1) is 32.3. The van der Waals surface area contributed by atoms with Gasteiger partial charge < -0.3 is 4.42 Å². The molecule has 0 atom stereocenters. The van der Waals surface area contributed by atoms with Crippen LogP contribution in [0.3, 0.4) is 0 Å². The van der Waals surface area contributed by atoms with Crippen molar-refractivity contribution in [3.63, 3.8) is 0 Å². The number of hydrogen-bond donors (Lipinski definition) is 0. The second-order valence-electron chi connectivity index (χ2n) is 14.3. The van der Waals surface area contributed by atoms with Gasteiger partial charge in [-0.25, -0.2) is 15.0 Å². The van der Waals surface area contributed by atoms with E-state index in [2.05, 4.69) is 109 Å². The molecule has 0 spiro atoms. The van der Waals surface area contributed by atoms with E-state index in [1.54, 1.807) is 11.3 Å². The third kappa shape index (κ3) is 5.22. The summed E-state index contributed by atoms with van der Waals surface area (Å²) in [5, 5.41) is 7.21. The molecule has 0 bridgehead atoms. The molecule has 0 aliphatic carbocycles. The molecule has 12 rings (SSSR count). The van der Waals surface area contributed by atoms with E-state index in [-0.39, 0.29) is 0 Å². The monoisotopic (exact) mass is 763 g/mol. The molecule has 266 valence electrons. The summed E-state index contributed by atoms with van der Waals surface area (Å²) in [4.78, 5) is 15.1. The average molecular weight is 764 g/mol. The second kappa shape index (κ2) is 12.8. The van der Waals surface area contributed by atoms with Gasteiger partial charge in [-0.3, -0.25) is 0 Å². The van der Waals surface area contributed by atoms with Crippen molar-refractivity contribution in [3.8, 4) is 56.4 Å². The van der Waals surface area contributed by atoms with Crippen molar-refractivity contribution in [1.29, 1.82) is 0 Å². The van der Waals surface area contributed by atoms with E-state index >= 15 is 0 Å². The standard InChI is InChI=1S/C51H29N3OS2/c1-3-13-30(14-4-1)49-52-50(31-15-5-2-6-16-31)54-51(53-49)40-22-12-21-38-35-26-25-32(28-44(35)57-48(38)40)33-27-41(46-39-18-8-10-24-43(39)56-45(46)29-33)37-20-11-19-36-34-17-7-9-23-42(34)55-47(36)37/h1-29H. The number of para-hydroxylation sites is 2. The Morgan fingerprint density at radius 3 is 1.77 bits per heavy atom. The molecule has 4 aromatic heterocycles. The number of fused-ring (bicyclic) bond motifs is 9. The molecule has 12 aromatic rings. The first-order valence-electron chi connectivity index (χ1n) is 18.9. The molecule has 0 aliphatic rings. The van der Waals surface area contributed by atoms with Crippen LogP contribution in [0.2, 0.25) is 0 Å². The largest absolute Gasteiger partial charge is 0.455 e. The van der Waals surface area contributed by atoms with E-state index in [9.17, 15) is 0 Å². The Labute approximate surface area is 335 Å². The number of rotatable bonds is 5. The zero-order valence-electron chi connectivity index (χ0n) is 30.3. The third-order valence-electron chi connectivity index (χ3n) is 10.9. The molecular weight excluding hydrogens is 735 g/mol. The molecular formula is C51H29N3OS2. The Hall–Kier alpha value is -6.99. The van der Waals surface area contributed by atoms with Crippen LogP contribution in [-0.2, 0) is 0 Å². The van der Waals surface area contributed by atoms with Crippen LogP contribution in [0.1, 0.15) is 0 Å². The molecule has 4 heterocycles. The van der Waals surface area contributed by atoms with Crippen molar-refractivity contribution in [2.24, 2.45) is 0 Å². The highest BCUT2D eigenvalue weighted by Gasteiger charge is 2.20. The zero-order chi connectivity index (χ0) is 37.5. The highest BCUT2D eigenvalue weighted by molar-refractivity contribution is 7.26. The molecule has 0 amide bonds. The van der Waals surface area contributed by atoms with E-state index in [1.807, 2.05) is 78.1 Å². The van der Waals surface area contributed by atoms with Gasteiger partial charge in [0.25, 0.3) is 0 Å². The summed E-state index contributed by atoms with van der Waals surface area (Å²) in [6.07, 6.45) is 0. The zero-order valence-corrected chi connectivity index (χ0v) is 31.9. The minimum Gasteiger partial charge on any atom is -0.455 e. The van der Waals surface area contributed by atoms with Crippen molar-refractivity contribution in [3.05, 3.63) is 176 Å². The molecule has 0 saturated carbocycles. The van der Waals surface area contributed by atoms with E-state index < -0.39 is 0 Å². The molecule has 4 nitrogen and oxygen atoms in total. The lowest BCUT2D eigenvalue weighted by atomic mass is 9.93. The highest BCUT2D eigenvalue weighted by atomic mass is 32.1. The van der Waals surface area contributed by atoms with Crippen molar-refractivity contribution in [2.75, 3.05) is 0 Å². The van der Waals surface area contributed by atoms with Crippen molar-refractivity contribution >= 4 is 85.0 Å². The molecule has 0 unspecified atom stereocenters. The van der Waals surface area contributed by atoms with Crippen LogP contribution in [0.5, 0.6) is 0 Å². The first-order chi connectivity index (χ1) is 28.2. The quantitative estimate of drug-likeness (QED) is 0.175. The molecule has 0 saturated heterocycles. The third-order valence-corrected chi connectivity index (χ3v) is 13.3. The van der Waals surface area contributed by atoms with Crippen LogP contribution < -0.4 is 0 Å². The molecule has 0 radical (unpaired) electrons. The van der Waals surface area contributed by atoms with Gasteiger partial charge >= 0.3 is 0 Å². The van der Waals surface area contributed by atoms with Gasteiger partial charge in [0, 0.05) is 73.4 Å². The maximum absolute atomic E-state index is 6.62. The van der Waals surface area contributed by atoms with Gasteiger partial charge in [-0.15, -0.1) is 22.7 Å². The lowest BCUT2D eigenvalue weighted by molar-refractivity contribution is 0.670. The summed E-state index contributed by atoms with van der Waals surface area (Å²) in [6, 6.07) is 62.0. The molecule has 0 aliphatic heterocycles. The van der Waals surface area contributed by atoms with Crippen molar-refractivity contribution in [2.45, 2.75) is 0 Å². The number of aromatic nitrogens is 3. The Balaban J connectivity index is 1.05. The van der Waals surface area contributed by atoms with E-state index in [0.717, 1.165) is 48.9 Å². The van der Waals surface area contributed by atoms with Gasteiger partial charge in [-0.1, -0.05) is 140 Å². The number of furan rings is 1. The first-order valence-corrected chi connectivity index (χ1v) is 20.6. The summed E-state index contributed by atoms with van der Waals surface area (Å²) < 4.78 is 11.5. The Kier molecular flexibility index (Phi) is 7.24. The van der Waals surface area contributed by atoms with Crippen LogP contribution in [-0.4, -0.2) is 15.0 Å². The maximum Gasteiger partial charge on any atom is 0.165 e. The smallest absolute Gasteiger partial charge is 0.165 e. The summed E-state index contributed by atoms with van der Waals surface area (Å²) in [5.41, 5.74) is 9.37. The van der Waals surface area contributed by atoms with Crippen molar-refractivity contribution in [1.82, 2.24) is 15.0 Å². The van der Waals surface area contributed by atoms with Gasteiger partial charge in [-0.2, -0.15) is 0 Å². The van der Waals surface area contributed by atoms with Gasteiger partial charge in [0.15, 0.2) is 17.5 Å². The van der Waals surface area contributed by atoms with Gasteiger partial charge in [0.1, 0.15) is 11.2 Å². The fourth-order valence-corrected chi connectivity index (χ4v) is 10.7. The van der Waals surface area contributed by atoms with Crippen LogP contribution in [0.15, 0.2) is 180 Å². The summed E-state index contributed by atoms with van der Waals surface area (Å²) in [7, 11) is 0. The number of benzene rings is 8.